The first-order chi connectivity index (χ1) is 15.1. The summed E-state index contributed by atoms with van der Waals surface area (Å²) in [4.78, 5) is 25.1. The van der Waals surface area contributed by atoms with Gasteiger partial charge in [0.25, 0.3) is 0 Å². The molecule has 4 rings (SSSR count). The number of pyridine rings is 1. The van der Waals surface area contributed by atoms with Gasteiger partial charge in [0.05, 0.1) is 23.4 Å². The monoisotopic (exact) mass is 433 g/mol. The largest absolute Gasteiger partial charge is 0.488 e. The molecule has 0 fully saturated rings. The van der Waals surface area contributed by atoms with E-state index in [9.17, 15) is 9.59 Å². The van der Waals surface area contributed by atoms with Gasteiger partial charge in [-0.3, -0.25) is 4.79 Å². The van der Waals surface area contributed by atoms with Crippen LogP contribution in [0.1, 0.15) is 33.3 Å². The van der Waals surface area contributed by atoms with Crippen LogP contribution in [-0.2, 0) is 11.3 Å². The quantitative estimate of drug-likeness (QED) is 0.272. The van der Waals surface area contributed by atoms with Gasteiger partial charge in [0.1, 0.15) is 12.4 Å². The summed E-state index contributed by atoms with van der Waals surface area (Å²) in [7, 11) is 0. The average molecular weight is 434 g/mol. The van der Waals surface area contributed by atoms with E-state index in [4.69, 9.17) is 21.1 Å². The van der Waals surface area contributed by atoms with Crippen molar-refractivity contribution in [3.8, 4) is 16.9 Å². The molecular weight excluding hydrogens is 414 g/mol. The first kappa shape index (κ1) is 20.7. The van der Waals surface area contributed by atoms with Crippen LogP contribution >= 0.6 is 11.6 Å². The summed E-state index contributed by atoms with van der Waals surface area (Å²) in [6, 6.07) is 20.3. The first-order valence-corrected chi connectivity index (χ1v) is 10.2. The number of nitrogens with zero attached hydrogens (tertiary/aromatic N) is 1. The van der Waals surface area contributed by atoms with Crippen LogP contribution in [-0.4, -0.2) is 23.3 Å². The zero-order chi connectivity index (χ0) is 21.8. The highest BCUT2D eigenvalue weighted by Gasteiger charge is 2.27. The van der Waals surface area contributed by atoms with E-state index in [1.54, 1.807) is 53.9 Å². The van der Waals surface area contributed by atoms with E-state index in [-0.39, 0.29) is 6.61 Å². The van der Waals surface area contributed by atoms with Crippen molar-refractivity contribution in [2.75, 3.05) is 6.61 Å². The van der Waals surface area contributed by atoms with Crippen LogP contribution in [0.4, 0.5) is 0 Å². The Labute approximate surface area is 184 Å². The molecule has 6 heteroatoms. The van der Waals surface area contributed by atoms with Crippen LogP contribution in [0.2, 0.25) is 5.02 Å². The summed E-state index contributed by atoms with van der Waals surface area (Å²) in [5.41, 5.74) is 3.18. The Morgan fingerprint density at radius 2 is 1.84 bits per heavy atom. The topological polar surface area (TPSA) is 57.0 Å². The molecule has 156 valence electrons. The molecule has 0 radical (unpaired) electrons. The fourth-order valence-corrected chi connectivity index (χ4v) is 3.76. The van der Waals surface area contributed by atoms with Crippen LogP contribution < -0.4 is 4.74 Å². The number of hydrogen-bond acceptors (Lipinski definition) is 4. The van der Waals surface area contributed by atoms with Gasteiger partial charge < -0.3 is 13.9 Å². The molecule has 0 aliphatic rings. The third-order valence-electron chi connectivity index (χ3n) is 4.92. The maximum Gasteiger partial charge on any atom is 0.340 e. The van der Waals surface area contributed by atoms with Crippen LogP contribution in [0, 0.1) is 0 Å². The van der Waals surface area contributed by atoms with Crippen molar-refractivity contribution in [1.29, 1.82) is 0 Å². The summed E-state index contributed by atoms with van der Waals surface area (Å²) in [5.74, 6) is 0.00101. The zero-order valence-corrected chi connectivity index (χ0v) is 17.6. The van der Waals surface area contributed by atoms with Crippen molar-refractivity contribution < 1.29 is 19.1 Å². The SMILES string of the molecule is CCOC(=O)c1c(-c2cc(Cl)ccc2OCc2ccccc2)c(C=O)n2ccccc12. The highest BCUT2D eigenvalue weighted by Crippen LogP contribution is 2.40. The number of benzene rings is 2. The highest BCUT2D eigenvalue weighted by atomic mass is 35.5. The lowest BCUT2D eigenvalue weighted by Gasteiger charge is -2.13. The fourth-order valence-electron chi connectivity index (χ4n) is 3.59. The Morgan fingerprint density at radius 3 is 2.58 bits per heavy atom. The fraction of sp³-hybridized carbons (Fsp3) is 0.120. The molecular formula is C25H20ClNO4. The number of aromatic nitrogens is 1. The molecule has 0 aliphatic carbocycles. The number of rotatable bonds is 7. The average Bonchev–Trinajstić information content (AvgIpc) is 3.13. The second-order valence-corrected chi connectivity index (χ2v) is 7.28. The van der Waals surface area contributed by atoms with Crippen LogP contribution in [0.15, 0.2) is 72.9 Å². The van der Waals surface area contributed by atoms with Crippen LogP contribution in [0.5, 0.6) is 5.75 Å². The van der Waals surface area contributed by atoms with Crippen LogP contribution in [0.25, 0.3) is 16.6 Å². The standard InChI is InChI=1S/C25H20ClNO4/c1-2-30-25(29)24-20-10-6-7-13-27(20)21(15-28)23(24)19-14-18(26)11-12-22(19)31-16-17-8-4-3-5-9-17/h3-15H,2,16H2,1H3. The van der Waals surface area contributed by atoms with Crippen molar-refractivity contribution in [1.82, 2.24) is 4.40 Å². The molecule has 4 aromatic rings. The summed E-state index contributed by atoms with van der Waals surface area (Å²) in [6.45, 7) is 2.28. The minimum Gasteiger partial charge on any atom is -0.488 e. The lowest BCUT2D eigenvalue weighted by Crippen LogP contribution is -2.06. The maximum atomic E-state index is 12.9. The molecule has 0 saturated heterocycles. The van der Waals surface area contributed by atoms with E-state index in [0.29, 0.717) is 45.3 Å². The highest BCUT2D eigenvalue weighted by molar-refractivity contribution is 6.31. The van der Waals surface area contributed by atoms with Crippen molar-refractivity contribution >= 4 is 29.4 Å². The van der Waals surface area contributed by atoms with E-state index in [0.717, 1.165) is 11.8 Å². The first-order valence-electron chi connectivity index (χ1n) is 9.86. The molecule has 0 N–H and O–H groups in total. The molecule has 2 heterocycles. The smallest absolute Gasteiger partial charge is 0.340 e. The predicted molar refractivity (Wildman–Crippen MR) is 120 cm³/mol. The second kappa shape index (κ2) is 9.06. The molecule has 0 bridgehead atoms. The lowest BCUT2D eigenvalue weighted by molar-refractivity contribution is 0.0529. The number of fused-ring (bicyclic) bond motifs is 1. The van der Waals surface area contributed by atoms with E-state index < -0.39 is 5.97 Å². The van der Waals surface area contributed by atoms with Gasteiger partial charge in [-0.05, 0) is 42.8 Å². The van der Waals surface area contributed by atoms with Gasteiger partial charge in [0, 0.05) is 22.3 Å². The number of halogens is 1. The Kier molecular flexibility index (Phi) is 6.05. The Bertz CT molecular complexity index is 1250. The van der Waals surface area contributed by atoms with Gasteiger partial charge >= 0.3 is 5.97 Å². The second-order valence-electron chi connectivity index (χ2n) is 6.84. The summed E-state index contributed by atoms with van der Waals surface area (Å²) in [5, 5.41) is 0.462. The molecule has 0 aliphatic heterocycles. The van der Waals surface area contributed by atoms with Crippen molar-refractivity contribution in [2.45, 2.75) is 13.5 Å². The van der Waals surface area contributed by atoms with Gasteiger partial charge in [0.2, 0.25) is 0 Å². The molecule has 2 aromatic carbocycles. The summed E-state index contributed by atoms with van der Waals surface area (Å²) in [6.07, 6.45) is 2.47. The minimum atomic E-state index is -0.511. The molecule has 0 saturated carbocycles. The number of ether oxygens (including phenoxy) is 2. The van der Waals surface area contributed by atoms with Crippen molar-refractivity contribution in [3.63, 3.8) is 0 Å². The van der Waals surface area contributed by atoms with Gasteiger partial charge in [0.15, 0.2) is 6.29 Å². The minimum absolute atomic E-state index is 0.214. The normalized spacial score (nSPS) is 10.8. The molecule has 31 heavy (non-hydrogen) atoms. The number of aldehydes is 1. The summed E-state index contributed by atoms with van der Waals surface area (Å²) < 4.78 is 13.1. The van der Waals surface area contributed by atoms with Crippen LogP contribution in [0.3, 0.4) is 0 Å². The lowest BCUT2D eigenvalue weighted by atomic mass is 9.99. The third kappa shape index (κ3) is 4.05. The Balaban J connectivity index is 1.92. The van der Waals surface area contributed by atoms with Gasteiger partial charge in [-0.15, -0.1) is 0 Å². The van der Waals surface area contributed by atoms with E-state index >= 15 is 0 Å². The number of esters is 1. The number of carbonyl (C=O) groups is 2. The molecule has 0 atom stereocenters. The Morgan fingerprint density at radius 1 is 1.06 bits per heavy atom. The van der Waals surface area contributed by atoms with Crippen molar-refractivity contribution in [3.05, 3.63) is 94.8 Å². The van der Waals surface area contributed by atoms with E-state index in [2.05, 4.69) is 0 Å². The molecule has 0 amide bonds. The number of hydrogen-bond donors (Lipinski definition) is 0. The number of carbonyl (C=O) groups excluding carboxylic acids is 2. The maximum absolute atomic E-state index is 12.9. The zero-order valence-electron chi connectivity index (χ0n) is 16.9. The van der Waals surface area contributed by atoms with Gasteiger partial charge in [-0.2, -0.15) is 0 Å². The molecule has 0 spiro atoms. The van der Waals surface area contributed by atoms with Gasteiger partial charge in [-0.1, -0.05) is 48.0 Å². The summed E-state index contributed by atoms with van der Waals surface area (Å²) >= 11 is 6.30. The molecule has 0 unspecified atom stereocenters. The molecule has 2 aromatic heterocycles. The third-order valence-corrected chi connectivity index (χ3v) is 5.16. The Hall–Kier alpha value is -3.57. The predicted octanol–water partition coefficient (Wildman–Crippen LogP) is 5.83. The molecule has 5 nitrogen and oxygen atoms in total. The van der Waals surface area contributed by atoms with Gasteiger partial charge in [-0.25, -0.2) is 4.79 Å². The van der Waals surface area contributed by atoms with Crippen molar-refractivity contribution in [2.24, 2.45) is 0 Å². The van der Waals surface area contributed by atoms with E-state index in [1.165, 1.54) is 0 Å². The van der Waals surface area contributed by atoms with E-state index in [1.807, 2.05) is 30.3 Å².